The zero-order valence-electron chi connectivity index (χ0n) is 14.6. The Morgan fingerprint density at radius 1 is 1.22 bits per heavy atom. The number of amides is 1. The Bertz CT molecular complexity index is 1120. The summed E-state index contributed by atoms with van der Waals surface area (Å²) in [6.45, 7) is 0. The molecule has 0 radical (unpaired) electrons. The number of fused-ring (bicyclic) bond motifs is 1. The third-order valence-electron chi connectivity index (χ3n) is 4.11. The lowest BCUT2D eigenvalue weighted by atomic mass is 10.1. The number of phenolic OH excluding ortho intramolecular Hbond substituents is 1. The SMILES string of the molecule is COc1ccc(O)c(/C=N/NC(=O)c2c(O)c3ccccc3n(C)c2=O)c1. The number of aryl methyl sites for hydroxylation is 1. The molecule has 0 aliphatic rings. The molecule has 138 valence electrons. The molecule has 0 aliphatic carbocycles. The third-order valence-corrected chi connectivity index (χ3v) is 4.11. The maximum absolute atomic E-state index is 12.4. The number of aromatic hydroxyl groups is 2. The normalized spacial score (nSPS) is 11.0. The fraction of sp³-hybridized carbons (Fsp3) is 0.105. The molecule has 0 aliphatic heterocycles. The Balaban J connectivity index is 1.92. The molecule has 1 aromatic heterocycles. The van der Waals surface area contributed by atoms with E-state index in [0.29, 0.717) is 22.2 Å². The van der Waals surface area contributed by atoms with Gasteiger partial charge in [-0.15, -0.1) is 0 Å². The van der Waals surface area contributed by atoms with Gasteiger partial charge in [0.2, 0.25) is 0 Å². The number of para-hydroxylation sites is 1. The van der Waals surface area contributed by atoms with Gasteiger partial charge in [-0.1, -0.05) is 12.1 Å². The number of pyridine rings is 1. The molecule has 0 atom stereocenters. The van der Waals surface area contributed by atoms with Crippen LogP contribution < -0.4 is 15.7 Å². The van der Waals surface area contributed by atoms with E-state index in [1.165, 1.54) is 37.1 Å². The van der Waals surface area contributed by atoms with Gasteiger partial charge in [0.25, 0.3) is 11.5 Å². The highest BCUT2D eigenvalue weighted by Gasteiger charge is 2.20. The van der Waals surface area contributed by atoms with Crippen molar-refractivity contribution in [3.8, 4) is 17.2 Å². The van der Waals surface area contributed by atoms with Crippen LogP contribution in [-0.2, 0) is 7.05 Å². The standard InChI is InChI=1S/C19H17N3O5/c1-22-14-6-4-3-5-13(14)17(24)16(19(22)26)18(25)21-20-10-11-9-12(27-2)7-8-15(11)23/h3-10,23-24H,1-2H3,(H,21,25)/b20-10+. The van der Waals surface area contributed by atoms with E-state index < -0.39 is 22.8 Å². The van der Waals surface area contributed by atoms with Crippen LogP contribution in [0.4, 0.5) is 0 Å². The fourth-order valence-electron chi connectivity index (χ4n) is 2.66. The minimum absolute atomic E-state index is 0.0572. The number of hydrogen-bond acceptors (Lipinski definition) is 6. The zero-order valence-corrected chi connectivity index (χ0v) is 14.6. The van der Waals surface area contributed by atoms with E-state index in [1.54, 1.807) is 30.3 Å². The second kappa shape index (κ2) is 7.20. The predicted molar refractivity (Wildman–Crippen MR) is 101 cm³/mol. The van der Waals surface area contributed by atoms with Gasteiger partial charge in [0.05, 0.1) is 18.8 Å². The molecule has 8 heteroatoms. The molecule has 0 saturated carbocycles. The topological polar surface area (TPSA) is 113 Å². The van der Waals surface area contributed by atoms with E-state index in [-0.39, 0.29) is 5.75 Å². The number of carbonyl (C=O) groups is 1. The third kappa shape index (κ3) is 3.32. The monoisotopic (exact) mass is 367 g/mol. The van der Waals surface area contributed by atoms with Crippen molar-refractivity contribution in [1.82, 2.24) is 9.99 Å². The van der Waals surface area contributed by atoms with Crippen molar-refractivity contribution in [2.75, 3.05) is 7.11 Å². The summed E-state index contributed by atoms with van der Waals surface area (Å²) in [7, 11) is 2.99. The zero-order chi connectivity index (χ0) is 19.6. The summed E-state index contributed by atoms with van der Waals surface area (Å²) in [6, 6.07) is 11.2. The molecule has 3 N–H and O–H groups in total. The predicted octanol–water partition coefficient (Wildman–Crippen LogP) is 1.72. The van der Waals surface area contributed by atoms with E-state index in [0.717, 1.165) is 0 Å². The Morgan fingerprint density at radius 3 is 2.70 bits per heavy atom. The van der Waals surface area contributed by atoms with Crippen LogP contribution in [0.3, 0.4) is 0 Å². The quantitative estimate of drug-likeness (QED) is 0.480. The second-order valence-electron chi connectivity index (χ2n) is 5.73. The van der Waals surface area contributed by atoms with Gasteiger partial charge in [-0.3, -0.25) is 9.59 Å². The molecule has 27 heavy (non-hydrogen) atoms. The Hall–Kier alpha value is -3.81. The number of aromatic nitrogens is 1. The number of hydrogen-bond donors (Lipinski definition) is 3. The molecular weight excluding hydrogens is 350 g/mol. The second-order valence-corrected chi connectivity index (χ2v) is 5.73. The molecule has 0 saturated heterocycles. The van der Waals surface area contributed by atoms with E-state index in [2.05, 4.69) is 10.5 Å². The van der Waals surface area contributed by atoms with Crippen molar-refractivity contribution < 1.29 is 19.7 Å². The summed E-state index contributed by atoms with van der Waals surface area (Å²) in [5.41, 5.74) is 1.94. The van der Waals surface area contributed by atoms with Gasteiger partial charge in [-0.25, -0.2) is 5.43 Å². The lowest BCUT2D eigenvalue weighted by molar-refractivity contribution is 0.0950. The number of nitrogens with one attached hydrogen (secondary N) is 1. The summed E-state index contributed by atoms with van der Waals surface area (Å²) in [5.74, 6) is -0.831. The van der Waals surface area contributed by atoms with Crippen LogP contribution in [0.25, 0.3) is 10.9 Å². The van der Waals surface area contributed by atoms with Crippen LogP contribution >= 0.6 is 0 Å². The number of carbonyl (C=O) groups excluding carboxylic acids is 1. The molecule has 3 aromatic rings. The molecule has 0 fully saturated rings. The smallest absolute Gasteiger partial charge is 0.280 e. The van der Waals surface area contributed by atoms with Crippen molar-refractivity contribution in [3.05, 3.63) is 63.9 Å². The van der Waals surface area contributed by atoms with Gasteiger partial charge >= 0.3 is 0 Å². The van der Waals surface area contributed by atoms with Crippen molar-refractivity contribution in [2.45, 2.75) is 0 Å². The number of methoxy groups -OCH3 is 1. The first-order valence-electron chi connectivity index (χ1n) is 7.95. The molecular formula is C19H17N3O5. The van der Waals surface area contributed by atoms with E-state index in [1.807, 2.05) is 0 Å². The first-order chi connectivity index (χ1) is 12.9. The van der Waals surface area contributed by atoms with Crippen LogP contribution in [0.2, 0.25) is 0 Å². The van der Waals surface area contributed by atoms with Crippen molar-refractivity contribution >= 4 is 23.0 Å². The highest BCUT2D eigenvalue weighted by atomic mass is 16.5. The highest BCUT2D eigenvalue weighted by molar-refractivity contribution is 6.02. The van der Waals surface area contributed by atoms with E-state index in [4.69, 9.17) is 4.74 Å². The molecule has 0 unspecified atom stereocenters. The summed E-state index contributed by atoms with van der Waals surface area (Å²) < 4.78 is 6.33. The molecule has 0 bridgehead atoms. The number of benzene rings is 2. The lowest BCUT2D eigenvalue weighted by Crippen LogP contribution is -2.30. The number of rotatable bonds is 4. The molecule has 1 amide bonds. The molecule has 8 nitrogen and oxygen atoms in total. The van der Waals surface area contributed by atoms with Crippen LogP contribution in [0, 0.1) is 0 Å². The number of hydrazone groups is 1. The van der Waals surface area contributed by atoms with Gasteiger partial charge < -0.3 is 19.5 Å². The van der Waals surface area contributed by atoms with Gasteiger partial charge in [0, 0.05) is 18.0 Å². The average Bonchev–Trinajstić information content (AvgIpc) is 2.68. The van der Waals surface area contributed by atoms with Gasteiger partial charge in [-0.05, 0) is 30.3 Å². The number of phenols is 1. The summed E-state index contributed by atoms with van der Waals surface area (Å²) in [6.07, 6.45) is 1.21. The van der Waals surface area contributed by atoms with Gasteiger partial charge in [0.15, 0.2) is 0 Å². The first-order valence-corrected chi connectivity index (χ1v) is 7.95. The van der Waals surface area contributed by atoms with Gasteiger partial charge in [0.1, 0.15) is 22.8 Å². The lowest BCUT2D eigenvalue weighted by Gasteiger charge is -2.10. The minimum Gasteiger partial charge on any atom is -0.507 e. The molecule has 3 rings (SSSR count). The van der Waals surface area contributed by atoms with Crippen LogP contribution in [0.1, 0.15) is 15.9 Å². The maximum Gasteiger partial charge on any atom is 0.280 e. The summed E-state index contributed by atoms with van der Waals surface area (Å²) >= 11 is 0. The van der Waals surface area contributed by atoms with Crippen molar-refractivity contribution in [3.63, 3.8) is 0 Å². The molecule has 0 spiro atoms. The first kappa shape index (κ1) is 18.0. The Morgan fingerprint density at radius 2 is 1.96 bits per heavy atom. The molecule has 2 aromatic carbocycles. The minimum atomic E-state index is -0.863. The highest BCUT2D eigenvalue weighted by Crippen LogP contribution is 2.25. The van der Waals surface area contributed by atoms with Crippen LogP contribution in [0.15, 0.2) is 52.4 Å². The summed E-state index contributed by atoms with van der Waals surface area (Å²) in [4.78, 5) is 24.8. The van der Waals surface area contributed by atoms with Crippen molar-refractivity contribution in [1.29, 1.82) is 0 Å². The molecule has 1 heterocycles. The largest absolute Gasteiger partial charge is 0.507 e. The van der Waals surface area contributed by atoms with Crippen LogP contribution in [-0.4, -0.2) is 34.0 Å². The Kier molecular flexibility index (Phi) is 4.80. The van der Waals surface area contributed by atoms with Gasteiger partial charge in [-0.2, -0.15) is 5.10 Å². The van der Waals surface area contributed by atoms with Crippen LogP contribution in [0.5, 0.6) is 17.2 Å². The number of nitrogens with zero attached hydrogens (tertiary/aromatic N) is 2. The van der Waals surface area contributed by atoms with E-state index >= 15 is 0 Å². The summed E-state index contributed by atoms with van der Waals surface area (Å²) in [5, 5.41) is 24.3. The Labute approximate surface area is 153 Å². The van der Waals surface area contributed by atoms with E-state index in [9.17, 15) is 19.8 Å². The average molecular weight is 367 g/mol. The fourth-order valence-corrected chi connectivity index (χ4v) is 2.66. The maximum atomic E-state index is 12.4. The van der Waals surface area contributed by atoms with Crippen molar-refractivity contribution in [2.24, 2.45) is 12.1 Å². The number of ether oxygens (including phenoxy) is 1.